The molecule has 1 aliphatic rings. The summed E-state index contributed by atoms with van der Waals surface area (Å²) in [5.74, 6) is -0.0425. The summed E-state index contributed by atoms with van der Waals surface area (Å²) in [6, 6.07) is 0.265. The Morgan fingerprint density at radius 3 is 2.78 bits per heavy atom. The van der Waals surface area contributed by atoms with Gasteiger partial charge >= 0.3 is 0 Å². The third kappa shape index (κ3) is 3.05. The Balaban J connectivity index is 2.17. The van der Waals surface area contributed by atoms with Gasteiger partial charge in [-0.2, -0.15) is 0 Å². The quantitative estimate of drug-likeness (QED) is 0.860. The van der Waals surface area contributed by atoms with E-state index in [2.05, 4.69) is 4.98 Å². The minimum absolute atomic E-state index is 0.0425. The van der Waals surface area contributed by atoms with Crippen LogP contribution in [0.5, 0.6) is 0 Å². The van der Waals surface area contributed by atoms with Crippen LogP contribution in [-0.2, 0) is 0 Å². The molecule has 0 bridgehead atoms. The molecule has 1 aromatic heterocycles. The standard InChI is InChI=1S/C12H17N3OS2/c1-8-14-10(7-18-8)12(16)15(6-11(13)17)9-4-2-3-5-9/h7,9H,2-6H2,1H3,(H2,13,17). The van der Waals surface area contributed by atoms with Crippen molar-refractivity contribution >= 4 is 34.5 Å². The lowest BCUT2D eigenvalue weighted by Gasteiger charge is -2.27. The normalized spacial score (nSPS) is 15.8. The summed E-state index contributed by atoms with van der Waals surface area (Å²) in [5, 5.41) is 2.71. The van der Waals surface area contributed by atoms with E-state index in [4.69, 9.17) is 18.0 Å². The van der Waals surface area contributed by atoms with Gasteiger partial charge in [-0.25, -0.2) is 4.98 Å². The smallest absolute Gasteiger partial charge is 0.273 e. The highest BCUT2D eigenvalue weighted by atomic mass is 32.1. The number of aromatic nitrogens is 1. The largest absolute Gasteiger partial charge is 0.392 e. The Morgan fingerprint density at radius 1 is 1.61 bits per heavy atom. The Kier molecular flexibility index (Phi) is 4.29. The number of hydrogen-bond donors (Lipinski definition) is 1. The van der Waals surface area contributed by atoms with Crippen molar-refractivity contribution in [1.82, 2.24) is 9.88 Å². The van der Waals surface area contributed by atoms with Gasteiger partial charge in [-0.1, -0.05) is 25.1 Å². The Labute approximate surface area is 116 Å². The van der Waals surface area contributed by atoms with Gasteiger partial charge in [0.15, 0.2) is 0 Å². The number of amides is 1. The summed E-state index contributed by atoms with van der Waals surface area (Å²) < 4.78 is 0. The molecule has 1 aromatic rings. The number of aryl methyl sites for hydroxylation is 1. The van der Waals surface area contributed by atoms with E-state index in [9.17, 15) is 4.79 Å². The zero-order chi connectivity index (χ0) is 13.1. The van der Waals surface area contributed by atoms with Gasteiger partial charge in [0.2, 0.25) is 0 Å². The molecular weight excluding hydrogens is 266 g/mol. The SMILES string of the molecule is Cc1nc(C(=O)N(CC(N)=S)C2CCCC2)cs1. The molecule has 1 aliphatic carbocycles. The molecule has 0 aliphatic heterocycles. The lowest BCUT2D eigenvalue weighted by atomic mass is 10.2. The molecule has 0 atom stereocenters. The summed E-state index contributed by atoms with van der Waals surface area (Å²) >= 11 is 6.44. The van der Waals surface area contributed by atoms with E-state index in [1.54, 1.807) is 10.3 Å². The van der Waals surface area contributed by atoms with Gasteiger partial charge in [0.1, 0.15) is 5.69 Å². The summed E-state index contributed by atoms with van der Waals surface area (Å²) in [5.41, 5.74) is 6.12. The maximum Gasteiger partial charge on any atom is 0.273 e. The first kappa shape index (κ1) is 13.4. The minimum Gasteiger partial charge on any atom is -0.392 e. The number of nitrogens with zero attached hydrogens (tertiary/aromatic N) is 2. The summed E-state index contributed by atoms with van der Waals surface area (Å²) in [6.45, 7) is 2.25. The maximum atomic E-state index is 12.4. The van der Waals surface area contributed by atoms with Crippen molar-refractivity contribution in [2.24, 2.45) is 5.73 Å². The van der Waals surface area contributed by atoms with Gasteiger partial charge < -0.3 is 10.6 Å². The number of thiazole rings is 1. The Morgan fingerprint density at radius 2 is 2.28 bits per heavy atom. The molecule has 2 N–H and O–H groups in total. The number of rotatable bonds is 4. The van der Waals surface area contributed by atoms with Crippen LogP contribution in [0, 0.1) is 6.92 Å². The van der Waals surface area contributed by atoms with Gasteiger partial charge in [-0.05, 0) is 19.8 Å². The predicted octanol–water partition coefficient (Wildman–Crippen LogP) is 2.12. The number of hydrogen-bond acceptors (Lipinski definition) is 4. The van der Waals surface area contributed by atoms with Crippen molar-refractivity contribution in [2.75, 3.05) is 6.54 Å². The molecule has 0 spiro atoms. The van der Waals surface area contributed by atoms with Crippen molar-refractivity contribution in [3.05, 3.63) is 16.1 Å². The number of nitrogens with two attached hydrogens (primary N) is 1. The van der Waals surface area contributed by atoms with Crippen LogP contribution in [0.2, 0.25) is 0 Å². The Hall–Kier alpha value is -1.01. The molecule has 18 heavy (non-hydrogen) atoms. The van der Waals surface area contributed by atoms with Crippen LogP contribution < -0.4 is 5.73 Å². The molecule has 0 aromatic carbocycles. The molecule has 2 rings (SSSR count). The van der Waals surface area contributed by atoms with E-state index in [-0.39, 0.29) is 11.9 Å². The van der Waals surface area contributed by atoms with E-state index < -0.39 is 0 Å². The highest BCUT2D eigenvalue weighted by Gasteiger charge is 2.28. The fourth-order valence-corrected chi connectivity index (χ4v) is 3.09. The third-order valence-corrected chi connectivity index (χ3v) is 4.09. The van der Waals surface area contributed by atoms with Crippen LogP contribution >= 0.6 is 23.6 Å². The zero-order valence-corrected chi connectivity index (χ0v) is 12.0. The topological polar surface area (TPSA) is 59.2 Å². The van der Waals surface area contributed by atoms with Gasteiger partial charge in [0.25, 0.3) is 5.91 Å². The highest BCUT2D eigenvalue weighted by molar-refractivity contribution is 7.80. The van der Waals surface area contributed by atoms with Crippen LogP contribution in [0.15, 0.2) is 5.38 Å². The maximum absolute atomic E-state index is 12.4. The fourth-order valence-electron chi connectivity index (χ4n) is 2.36. The van der Waals surface area contributed by atoms with E-state index >= 15 is 0 Å². The van der Waals surface area contributed by atoms with Crippen molar-refractivity contribution in [1.29, 1.82) is 0 Å². The zero-order valence-electron chi connectivity index (χ0n) is 10.4. The van der Waals surface area contributed by atoms with Gasteiger partial charge in [0, 0.05) is 11.4 Å². The number of carbonyl (C=O) groups is 1. The summed E-state index contributed by atoms with van der Waals surface area (Å²) in [7, 11) is 0. The second-order valence-corrected chi connectivity index (χ2v) is 6.18. The van der Waals surface area contributed by atoms with E-state index in [0.29, 0.717) is 17.2 Å². The van der Waals surface area contributed by atoms with Crippen molar-refractivity contribution in [3.63, 3.8) is 0 Å². The summed E-state index contributed by atoms with van der Waals surface area (Å²) in [4.78, 5) is 18.8. The van der Waals surface area contributed by atoms with E-state index in [1.807, 2.05) is 6.92 Å². The average molecular weight is 283 g/mol. The van der Waals surface area contributed by atoms with E-state index in [1.165, 1.54) is 24.2 Å². The first-order chi connectivity index (χ1) is 8.58. The molecule has 0 saturated heterocycles. The lowest BCUT2D eigenvalue weighted by molar-refractivity contribution is 0.0709. The number of carbonyl (C=O) groups excluding carboxylic acids is 1. The second-order valence-electron chi connectivity index (χ2n) is 4.59. The molecule has 0 radical (unpaired) electrons. The molecule has 1 saturated carbocycles. The van der Waals surface area contributed by atoms with Crippen LogP contribution in [0.25, 0.3) is 0 Å². The lowest BCUT2D eigenvalue weighted by Crippen LogP contribution is -2.43. The fraction of sp³-hybridized carbons (Fsp3) is 0.583. The number of thiocarbonyl (C=S) groups is 1. The molecule has 0 unspecified atom stereocenters. The van der Waals surface area contributed by atoms with Crippen molar-refractivity contribution < 1.29 is 4.79 Å². The average Bonchev–Trinajstić information content (AvgIpc) is 2.95. The molecule has 1 amide bonds. The minimum atomic E-state index is -0.0425. The van der Waals surface area contributed by atoms with Crippen LogP contribution in [0.1, 0.15) is 41.2 Å². The van der Waals surface area contributed by atoms with Gasteiger partial charge in [0.05, 0.1) is 16.5 Å². The molecule has 1 heterocycles. The Bertz CT molecular complexity index is 452. The van der Waals surface area contributed by atoms with Crippen LogP contribution in [0.4, 0.5) is 0 Å². The van der Waals surface area contributed by atoms with Gasteiger partial charge in [-0.3, -0.25) is 4.79 Å². The molecule has 1 fully saturated rings. The van der Waals surface area contributed by atoms with Crippen molar-refractivity contribution in [3.8, 4) is 0 Å². The molecule has 6 heteroatoms. The first-order valence-corrected chi connectivity index (χ1v) is 7.38. The third-order valence-electron chi connectivity index (χ3n) is 3.19. The predicted molar refractivity (Wildman–Crippen MR) is 76.9 cm³/mol. The van der Waals surface area contributed by atoms with Crippen molar-refractivity contribution in [2.45, 2.75) is 38.6 Å². The van der Waals surface area contributed by atoms with Gasteiger partial charge in [-0.15, -0.1) is 11.3 Å². The van der Waals surface area contributed by atoms with E-state index in [0.717, 1.165) is 17.8 Å². The summed E-state index contributed by atoms with van der Waals surface area (Å²) in [6.07, 6.45) is 4.42. The second kappa shape index (κ2) is 5.75. The molecule has 98 valence electrons. The van der Waals surface area contributed by atoms with Crippen LogP contribution in [-0.4, -0.2) is 33.4 Å². The van der Waals surface area contributed by atoms with Crippen LogP contribution in [0.3, 0.4) is 0 Å². The first-order valence-electron chi connectivity index (χ1n) is 6.09. The monoisotopic (exact) mass is 283 g/mol. The molecular formula is C12H17N3OS2. The highest BCUT2D eigenvalue weighted by Crippen LogP contribution is 2.25. The molecule has 4 nitrogen and oxygen atoms in total.